The largest absolute Gasteiger partial charge is 0.349 e. The molecule has 18 rings (SSSR count). The first-order valence-corrected chi connectivity index (χ1v) is 34.5. The lowest BCUT2D eigenvalue weighted by Crippen LogP contribution is -2.23. The predicted octanol–water partition coefficient (Wildman–Crippen LogP) is 11.6. The fourth-order valence-electron chi connectivity index (χ4n) is 13.4. The maximum absolute atomic E-state index is 13.4. The van der Waals surface area contributed by atoms with Gasteiger partial charge in [-0.25, -0.2) is 29.0 Å². The first kappa shape index (κ1) is 66.5. The van der Waals surface area contributed by atoms with E-state index < -0.39 is 0 Å². The van der Waals surface area contributed by atoms with Crippen LogP contribution in [0.25, 0.3) is 66.9 Å². The second-order valence-electron chi connectivity index (χ2n) is 26.4. The molecular weight excluding hydrogens is 1330 g/mol. The molecule has 0 saturated heterocycles. The maximum atomic E-state index is 13.4. The molecule has 15 aromatic rings. The number of fused-ring (bicyclic) bond motifs is 30. The average molecular weight is 1400 g/mol. The van der Waals surface area contributed by atoms with Gasteiger partial charge in [0.1, 0.15) is 0 Å². The molecule has 0 radical (unpaired) electrons. The summed E-state index contributed by atoms with van der Waals surface area (Å²) in [6, 6.07) is 77.0. The minimum Gasteiger partial charge on any atom is -0.349 e. The van der Waals surface area contributed by atoms with Crippen molar-refractivity contribution in [1.82, 2.24) is 62.9 Å². The molecule has 0 fully saturated rings. The lowest BCUT2D eigenvalue weighted by Gasteiger charge is -2.13. The molecule has 23 nitrogen and oxygen atoms in total. The van der Waals surface area contributed by atoms with E-state index in [1.54, 1.807) is 85.7 Å². The number of likely N-dealkylation sites (N-methyl/N-ethyl adjacent to an activating group) is 1. The van der Waals surface area contributed by atoms with Crippen molar-refractivity contribution >= 4 is 74.6 Å². The molecule has 4 amide bonds. The number of aryl methyl sites for hydroxylation is 2. The average Bonchev–Trinajstić information content (AvgIpc) is 1.47. The van der Waals surface area contributed by atoms with E-state index in [0.29, 0.717) is 71.1 Å². The number of hydrogen-bond donors (Lipinski definition) is 3. The number of anilines is 3. The summed E-state index contributed by atoms with van der Waals surface area (Å²) in [6.07, 6.45) is 1.01. The first-order chi connectivity index (χ1) is 51.6. The Kier molecular flexibility index (Phi) is 17.8. The van der Waals surface area contributed by atoms with Gasteiger partial charge in [0, 0.05) is 72.2 Å². The van der Waals surface area contributed by atoms with Crippen LogP contribution in [0.15, 0.2) is 263 Å². The third kappa shape index (κ3) is 14.1. The summed E-state index contributed by atoms with van der Waals surface area (Å²) >= 11 is 0. The van der Waals surface area contributed by atoms with Gasteiger partial charge in [-0.2, -0.15) is 15.3 Å². The molecule has 106 heavy (non-hydrogen) atoms. The van der Waals surface area contributed by atoms with E-state index in [-0.39, 0.29) is 66.4 Å². The second-order valence-corrected chi connectivity index (χ2v) is 26.4. The van der Waals surface area contributed by atoms with Gasteiger partial charge in [0.05, 0.1) is 89.3 Å². The number of amides is 4. The summed E-state index contributed by atoms with van der Waals surface area (Å²) < 4.78 is 10.3. The Labute approximate surface area is 605 Å². The van der Waals surface area contributed by atoms with Crippen LogP contribution in [0.5, 0.6) is 0 Å². The summed E-state index contributed by atoms with van der Waals surface area (Å²) in [5, 5.41) is 22.8. The van der Waals surface area contributed by atoms with Crippen LogP contribution >= 0.6 is 0 Å². The molecule has 3 aliphatic heterocycles. The number of imidazole rings is 3. The summed E-state index contributed by atoms with van der Waals surface area (Å²) in [4.78, 5) is 105. The molecule has 0 unspecified atom stereocenters. The number of para-hydroxylation sites is 4. The van der Waals surface area contributed by atoms with Crippen molar-refractivity contribution in [2.75, 3.05) is 30.0 Å². The smallest absolute Gasteiger partial charge is 0.267 e. The van der Waals surface area contributed by atoms with Crippen LogP contribution in [0.3, 0.4) is 0 Å². The van der Waals surface area contributed by atoms with Gasteiger partial charge in [-0.3, -0.25) is 49.5 Å². The molecule has 520 valence electrons. The molecule has 23 heteroatoms. The SMILES string of the molecule is CN(C)C(=O)Cc1ccc2c(c1)nc1n2Cc2cccc(c2)-c2ccc(=O)n(n2)Cc2cccc(c2)C(=O)N1.O=C1Nc2nc3ccccc3n2CCc2cccc(c2)-c2ccc(=O)n(n2)Cc2cccc1c2.O=C1Nc2nc3ccccc3n2Cc2cccc(c2)-c2ccc(=O)n(n2)Cc2cccc1c2. The summed E-state index contributed by atoms with van der Waals surface area (Å²) in [5.41, 5.74) is 17.2. The standard InChI is InChI=1S/C30H26N6O3.C27H21N5O2.C26H19N5O2/c1-34(2)28(38)16-19-9-11-26-25(15-19)31-30-32-29(39)23-8-4-6-21(14-23)18-36-27(37)12-10-24(33-36)22-7-3-5-20(13-22)17-35(26)30;33-25-12-11-22-20-7-3-5-18(15-20)13-14-31-24-10-2-1-9-23(24)28-27(31)29-26(34)21-8-4-6-19(16-21)17-32(25)30-22;32-24-12-11-21-19-7-3-5-17(13-19)15-30-23-10-2-1-9-22(23)27-26(30)28-25(33)20-8-4-6-18(14-20)16-31(24)29-21/h3-15H,16-18H2,1-2H3,(H,31,32,39);1-12,15-16H,13-14,17H2,(H,28,29,34);1-14H,15-16H2,(H,27,28,33). The van der Waals surface area contributed by atoms with Crippen LogP contribution in [0, 0.1) is 0 Å². The molecule has 6 aromatic heterocycles. The number of benzene rings is 9. The Morgan fingerprint density at radius 1 is 0.349 bits per heavy atom. The van der Waals surface area contributed by atoms with E-state index in [4.69, 9.17) is 4.98 Å². The van der Waals surface area contributed by atoms with Gasteiger partial charge < -0.3 is 18.6 Å². The molecule has 3 N–H and O–H groups in total. The number of rotatable bonds is 2. The third-order valence-corrected chi connectivity index (χ3v) is 18.8. The van der Waals surface area contributed by atoms with E-state index in [0.717, 1.165) is 95.3 Å². The van der Waals surface area contributed by atoms with Crippen LogP contribution in [0.1, 0.15) is 70.0 Å². The van der Waals surface area contributed by atoms with Crippen molar-refractivity contribution in [3.8, 4) is 33.8 Å². The van der Waals surface area contributed by atoms with Gasteiger partial charge in [0.2, 0.25) is 23.8 Å². The predicted molar refractivity (Wildman–Crippen MR) is 406 cm³/mol. The van der Waals surface area contributed by atoms with Crippen molar-refractivity contribution in [2.24, 2.45) is 0 Å². The van der Waals surface area contributed by atoms with E-state index in [9.17, 15) is 33.6 Å². The lowest BCUT2D eigenvalue weighted by atomic mass is 10.1. The Balaban J connectivity index is 0.000000122. The second kappa shape index (κ2) is 28.4. The zero-order valence-electron chi connectivity index (χ0n) is 57.5. The number of hydrogen-bond acceptors (Lipinski definition) is 13. The first-order valence-electron chi connectivity index (χ1n) is 34.5. The Bertz CT molecular complexity index is 6220. The van der Waals surface area contributed by atoms with E-state index in [1.807, 2.05) is 165 Å². The van der Waals surface area contributed by atoms with Crippen molar-refractivity contribution in [1.29, 1.82) is 0 Å². The third-order valence-electron chi connectivity index (χ3n) is 18.8. The van der Waals surface area contributed by atoms with Gasteiger partial charge in [0.25, 0.3) is 34.4 Å². The topological polar surface area (TPSA) is 266 Å². The Morgan fingerprint density at radius 2 is 0.698 bits per heavy atom. The van der Waals surface area contributed by atoms with Crippen molar-refractivity contribution in [3.63, 3.8) is 0 Å². The molecule has 0 spiro atoms. The number of carbonyl (C=O) groups is 4. The van der Waals surface area contributed by atoms with Crippen LogP contribution in [-0.4, -0.2) is 101 Å². The Morgan fingerprint density at radius 3 is 1.13 bits per heavy atom. The zero-order valence-corrected chi connectivity index (χ0v) is 57.5. The summed E-state index contributed by atoms with van der Waals surface area (Å²) in [6.45, 7) is 2.38. The van der Waals surface area contributed by atoms with Gasteiger partial charge in [-0.1, -0.05) is 121 Å². The summed E-state index contributed by atoms with van der Waals surface area (Å²) in [7, 11) is 3.46. The fraction of sp³-hybridized carbons (Fsp3) is 0.120. The van der Waals surface area contributed by atoms with Gasteiger partial charge >= 0.3 is 0 Å². The van der Waals surface area contributed by atoms with Crippen molar-refractivity contribution in [2.45, 2.75) is 52.1 Å². The Hall–Kier alpha value is -14.1. The maximum Gasteiger partial charge on any atom is 0.267 e. The number of aromatic nitrogens is 12. The van der Waals surface area contributed by atoms with Crippen molar-refractivity contribution in [3.05, 3.63) is 335 Å². The van der Waals surface area contributed by atoms with E-state index >= 15 is 0 Å². The highest BCUT2D eigenvalue weighted by Crippen LogP contribution is 2.30. The molecule has 3 aliphatic rings. The highest BCUT2D eigenvalue weighted by molar-refractivity contribution is 6.06. The highest BCUT2D eigenvalue weighted by Gasteiger charge is 2.22. The normalized spacial score (nSPS) is 13.0. The number of nitrogens with zero attached hydrogens (tertiary/aromatic N) is 13. The molecule has 0 atom stereocenters. The van der Waals surface area contributed by atoms with Crippen LogP contribution < -0.4 is 32.6 Å². The highest BCUT2D eigenvalue weighted by atomic mass is 16.2. The molecule has 18 bridgehead atoms. The zero-order chi connectivity index (χ0) is 72.5. The molecule has 0 saturated carbocycles. The minimum atomic E-state index is -0.311. The fourth-order valence-corrected chi connectivity index (χ4v) is 13.4. The quantitative estimate of drug-likeness (QED) is 0.146. The lowest BCUT2D eigenvalue weighted by molar-refractivity contribution is -0.127. The van der Waals surface area contributed by atoms with Crippen molar-refractivity contribution < 1.29 is 19.2 Å². The molecule has 0 aliphatic carbocycles. The van der Waals surface area contributed by atoms with E-state index in [1.165, 1.54) is 26.2 Å². The van der Waals surface area contributed by atoms with Crippen LogP contribution in [-0.2, 0) is 56.9 Å². The monoisotopic (exact) mass is 1400 g/mol. The molecule has 9 aromatic carbocycles. The summed E-state index contributed by atoms with van der Waals surface area (Å²) in [5.74, 6) is 0.596. The van der Waals surface area contributed by atoms with Gasteiger partial charge in [-0.05, 0) is 155 Å². The number of carbonyl (C=O) groups excluding carboxylic acids is 4. The van der Waals surface area contributed by atoms with Crippen LogP contribution in [0.4, 0.5) is 17.8 Å². The van der Waals surface area contributed by atoms with Crippen LogP contribution in [0.2, 0.25) is 0 Å². The minimum absolute atomic E-state index is 0.000359. The molecular formula is C83H66N16O7. The molecule has 9 heterocycles. The van der Waals surface area contributed by atoms with E-state index in [2.05, 4.69) is 59.4 Å². The van der Waals surface area contributed by atoms with Gasteiger partial charge in [-0.15, -0.1) is 0 Å². The van der Waals surface area contributed by atoms with Gasteiger partial charge in [0.15, 0.2) is 0 Å². The number of nitrogens with one attached hydrogen (secondary N) is 3.